The highest BCUT2D eigenvalue weighted by Crippen LogP contribution is 2.18. The van der Waals surface area contributed by atoms with Crippen LogP contribution in [0.25, 0.3) is 0 Å². The first kappa shape index (κ1) is 14.4. The Morgan fingerprint density at radius 3 is 2.21 bits per heavy atom. The van der Waals surface area contributed by atoms with Gasteiger partial charge in [0.25, 0.3) is 0 Å². The first-order valence-corrected chi connectivity index (χ1v) is 7.71. The van der Waals surface area contributed by atoms with Crippen LogP contribution in [0.1, 0.15) is 51.0 Å². The molecule has 0 aliphatic carbocycles. The van der Waals surface area contributed by atoms with Crippen molar-refractivity contribution in [2.24, 2.45) is 0 Å². The van der Waals surface area contributed by atoms with Crippen molar-refractivity contribution in [1.82, 2.24) is 4.90 Å². The topological polar surface area (TPSA) is 12.5 Å². The lowest BCUT2D eigenvalue weighted by molar-refractivity contribution is 0.214. The van der Waals surface area contributed by atoms with Gasteiger partial charge < -0.3 is 4.74 Å². The van der Waals surface area contributed by atoms with E-state index in [4.69, 9.17) is 4.74 Å². The van der Waals surface area contributed by atoms with Gasteiger partial charge in [0.2, 0.25) is 0 Å². The zero-order valence-electron chi connectivity index (χ0n) is 12.4. The van der Waals surface area contributed by atoms with E-state index in [1.165, 1.54) is 44.3 Å². The van der Waals surface area contributed by atoms with E-state index in [2.05, 4.69) is 43.0 Å². The van der Waals surface area contributed by atoms with Gasteiger partial charge in [0.1, 0.15) is 12.4 Å². The summed E-state index contributed by atoms with van der Waals surface area (Å²) in [5, 5.41) is 0. The van der Waals surface area contributed by atoms with Gasteiger partial charge in [-0.2, -0.15) is 0 Å². The number of benzene rings is 1. The Balaban J connectivity index is 1.72. The number of hydrogen-bond acceptors (Lipinski definition) is 2. The van der Waals surface area contributed by atoms with Crippen molar-refractivity contribution in [2.45, 2.75) is 45.4 Å². The van der Waals surface area contributed by atoms with Crippen molar-refractivity contribution < 1.29 is 4.74 Å². The standard InChI is InChI=1S/C17H27NO/c1-15(2)16-7-9-17(10-8-16)19-14-13-18-11-5-3-4-6-12-18/h7-10,15H,3-6,11-14H2,1-2H3. The Labute approximate surface area is 117 Å². The van der Waals surface area contributed by atoms with Gasteiger partial charge >= 0.3 is 0 Å². The second kappa shape index (κ2) is 7.54. The average molecular weight is 261 g/mol. The number of ether oxygens (including phenoxy) is 1. The van der Waals surface area contributed by atoms with E-state index < -0.39 is 0 Å². The van der Waals surface area contributed by atoms with E-state index in [9.17, 15) is 0 Å². The minimum absolute atomic E-state index is 0.589. The third-order valence-corrected chi connectivity index (χ3v) is 3.92. The molecule has 0 unspecified atom stereocenters. The fourth-order valence-corrected chi connectivity index (χ4v) is 2.60. The van der Waals surface area contributed by atoms with E-state index >= 15 is 0 Å². The van der Waals surface area contributed by atoms with Crippen molar-refractivity contribution in [2.75, 3.05) is 26.2 Å². The molecule has 1 aromatic carbocycles. The second-order valence-corrected chi connectivity index (χ2v) is 5.83. The first-order chi connectivity index (χ1) is 9.25. The highest BCUT2D eigenvalue weighted by molar-refractivity contribution is 5.28. The van der Waals surface area contributed by atoms with Gasteiger partial charge in [0.15, 0.2) is 0 Å². The zero-order chi connectivity index (χ0) is 13.5. The lowest BCUT2D eigenvalue weighted by Crippen LogP contribution is -2.29. The molecule has 0 spiro atoms. The molecule has 0 atom stereocenters. The Morgan fingerprint density at radius 2 is 1.63 bits per heavy atom. The average Bonchev–Trinajstić information content (AvgIpc) is 2.68. The predicted octanol–water partition coefficient (Wildman–Crippen LogP) is 4.06. The van der Waals surface area contributed by atoms with Crippen LogP contribution in [0.5, 0.6) is 5.75 Å². The maximum atomic E-state index is 5.84. The van der Waals surface area contributed by atoms with Gasteiger partial charge in [-0.05, 0) is 49.5 Å². The summed E-state index contributed by atoms with van der Waals surface area (Å²) in [6.07, 6.45) is 5.49. The summed E-state index contributed by atoms with van der Waals surface area (Å²) in [5.74, 6) is 1.59. The maximum Gasteiger partial charge on any atom is 0.119 e. The summed E-state index contributed by atoms with van der Waals surface area (Å²) in [5.41, 5.74) is 1.37. The van der Waals surface area contributed by atoms with E-state index in [0.29, 0.717) is 5.92 Å². The van der Waals surface area contributed by atoms with Gasteiger partial charge in [-0.3, -0.25) is 4.90 Å². The number of nitrogens with zero attached hydrogens (tertiary/aromatic N) is 1. The van der Waals surface area contributed by atoms with Crippen LogP contribution in [0.2, 0.25) is 0 Å². The zero-order valence-corrected chi connectivity index (χ0v) is 12.4. The SMILES string of the molecule is CC(C)c1ccc(OCCN2CCCCCC2)cc1. The highest BCUT2D eigenvalue weighted by atomic mass is 16.5. The molecule has 1 aliphatic heterocycles. The van der Waals surface area contributed by atoms with Crippen LogP contribution < -0.4 is 4.74 Å². The lowest BCUT2D eigenvalue weighted by atomic mass is 10.0. The van der Waals surface area contributed by atoms with E-state index in [0.717, 1.165) is 18.9 Å². The van der Waals surface area contributed by atoms with Crippen LogP contribution in [-0.4, -0.2) is 31.1 Å². The molecule has 1 fully saturated rings. The molecule has 2 rings (SSSR count). The lowest BCUT2D eigenvalue weighted by Gasteiger charge is -2.19. The van der Waals surface area contributed by atoms with Gasteiger partial charge in [0.05, 0.1) is 0 Å². The minimum atomic E-state index is 0.589. The first-order valence-electron chi connectivity index (χ1n) is 7.71. The molecule has 0 amide bonds. The fraction of sp³-hybridized carbons (Fsp3) is 0.647. The largest absolute Gasteiger partial charge is 0.492 e. The molecule has 2 heteroatoms. The quantitative estimate of drug-likeness (QED) is 0.792. The summed E-state index contributed by atoms with van der Waals surface area (Å²) in [4.78, 5) is 2.54. The third-order valence-electron chi connectivity index (χ3n) is 3.92. The molecule has 0 aromatic heterocycles. The Bertz CT molecular complexity index is 350. The Kier molecular flexibility index (Phi) is 5.71. The van der Waals surface area contributed by atoms with Crippen LogP contribution in [0.3, 0.4) is 0 Å². The summed E-state index contributed by atoms with van der Waals surface area (Å²) in [6, 6.07) is 8.54. The molecule has 2 nitrogen and oxygen atoms in total. The fourth-order valence-electron chi connectivity index (χ4n) is 2.60. The summed E-state index contributed by atoms with van der Waals surface area (Å²) in [7, 11) is 0. The van der Waals surface area contributed by atoms with E-state index in [1.54, 1.807) is 0 Å². The van der Waals surface area contributed by atoms with Crippen LogP contribution in [0, 0.1) is 0 Å². The van der Waals surface area contributed by atoms with Gasteiger partial charge in [0, 0.05) is 6.54 Å². The molecular weight excluding hydrogens is 234 g/mol. The molecule has 1 saturated heterocycles. The summed E-state index contributed by atoms with van der Waals surface area (Å²) < 4.78 is 5.84. The molecule has 0 radical (unpaired) electrons. The minimum Gasteiger partial charge on any atom is -0.492 e. The number of hydrogen-bond donors (Lipinski definition) is 0. The Morgan fingerprint density at radius 1 is 1.00 bits per heavy atom. The molecule has 0 N–H and O–H groups in total. The molecule has 19 heavy (non-hydrogen) atoms. The highest BCUT2D eigenvalue weighted by Gasteiger charge is 2.08. The smallest absolute Gasteiger partial charge is 0.119 e. The van der Waals surface area contributed by atoms with Crippen LogP contribution in [0.15, 0.2) is 24.3 Å². The van der Waals surface area contributed by atoms with Crippen LogP contribution in [-0.2, 0) is 0 Å². The predicted molar refractivity (Wildman–Crippen MR) is 80.9 cm³/mol. The van der Waals surface area contributed by atoms with Crippen molar-refractivity contribution in [1.29, 1.82) is 0 Å². The van der Waals surface area contributed by atoms with Gasteiger partial charge in [-0.1, -0.05) is 38.8 Å². The molecule has 1 heterocycles. The maximum absolute atomic E-state index is 5.84. The molecule has 1 aliphatic rings. The third kappa shape index (κ3) is 4.87. The molecule has 106 valence electrons. The molecule has 1 aromatic rings. The summed E-state index contributed by atoms with van der Waals surface area (Å²) in [6.45, 7) is 8.79. The Hall–Kier alpha value is -1.02. The van der Waals surface area contributed by atoms with Crippen molar-refractivity contribution >= 4 is 0 Å². The van der Waals surface area contributed by atoms with Crippen molar-refractivity contribution in [3.05, 3.63) is 29.8 Å². The van der Waals surface area contributed by atoms with Crippen LogP contribution in [0.4, 0.5) is 0 Å². The van der Waals surface area contributed by atoms with E-state index in [1.807, 2.05) is 0 Å². The molecular formula is C17H27NO. The van der Waals surface area contributed by atoms with Gasteiger partial charge in [-0.15, -0.1) is 0 Å². The normalized spacial score (nSPS) is 17.4. The van der Waals surface area contributed by atoms with Gasteiger partial charge in [-0.25, -0.2) is 0 Å². The van der Waals surface area contributed by atoms with Crippen LogP contribution >= 0.6 is 0 Å². The molecule has 0 saturated carbocycles. The number of likely N-dealkylation sites (tertiary alicyclic amines) is 1. The van der Waals surface area contributed by atoms with Crippen molar-refractivity contribution in [3.63, 3.8) is 0 Å². The monoisotopic (exact) mass is 261 g/mol. The van der Waals surface area contributed by atoms with Crippen molar-refractivity contribution in [3.8, 4) is 5.75 Å². The second-order valence-electron chi connectivity index (χ2n) is 5.83. The molecule has 0 bridgehead atoms. The summed E-state index contributed by atoms with van der Waals surface area (Å²) >= 11 is 0. The number of rotatable bonds is 5. The van der Waals surface area contributed by atoms with E-state index in [-0.39, 0.29) is 0 Å².